The highest BCUT2D eigenvalue weighted by molar-refractivity contribution is 6.14. The highest BCUT2D eigenvalue weighted by atomic mass is 15.2. The van der Waals surface area contributed by atoms with E-state index in [-0.39, 0.29) is 0 Å². The second-order valence-corrected chi connectivity index (χ2v) is 15.7. The molecule has 0 atom stereocenters. The average molecular weight is 778 g/mol. The van der Waals surface area contributed by atoms with Gasteiger partial charge in [0.25, 0.3) is 0 Å². The van der Waals surface area contributed by atoms with Crippen LogP contribution in [-0.2, 0) is 0 Å². The summed E-state index contributed by atoms with van der Waals surface area (Å²) in [6.45, 7) is 0. The first-order chi connectivity index (χ1) is 30.3. The quantitative estimate of drug-likeness (QED) is 0.157. The van der Waals surface area contributed by atoms with Gasteiger partial charge in [-0.25, -0.2) is 0 Å². The minimum Gasteiger partial charge on any atom is -0.309 e. The number of benzene rings is 10. The zero-order valence-electron chi connectivity index (χ0n) is 33.4. The van der Waals surface area contributed by atoms with Crippen molar-refractivity contribution < 1.29 is 0 Å². The van der Waals surface area contributed by atoms with Crippen LogP contribution in [0.4, 0.5) is 17.1 Å². The van der Waals surface area contributed by atoms with Crippen LogP contribution in [0.2, 0.25) is 0 Å². The molecule has 0 bridgehead atoms. The smallest absolute Gasteiger partial charge is 0.0702 e. The molecule has 0 fully saturated rings. The lowest BCUT2D eigenvalue weighted by atomic mass is 10.00. The summed E-state index contributed by atoms with van der Waals surface area (Å²) in [5.41, 5.74) is 14.9. The fourth-order valence-corrected chi connectivity index (χ4v) is 9.53. The van der Waals surface area contributed by atoms with Crippen molar-refractivity contribution in [1.82, 2.24) is 9.13 Å². The Kier molecular flexibility index (Phi) is 8.17. The number of fused-ring (bicyclic) bond motifs is 7. The molecule has 10 aromatic carbocycles. The van der Waals surface area contributed by atoms with Gasteiger partial charge in [-0.1, -0.05) is 164 Å². The van der Waals surface area contributed by atoms with Crippen LogP contribution in [0, 0.1) is 0 Å². The Morgan fingerprint density at radius 2 is 0.885 bits per heavy atom. The van der Waals surface area contributed by atoms with Crippen LogP contribution in [0.1, 0.15) is 0 Å². The normalized spacial score (nSPS) is 11.6. The molecule has 0 aliphatic heterocycles. The number of anilines is 3. The van der Waals surface area contributed by atoms with Crippen molar-refractivity contribution in [3.63, 3.8) is 0 Å². The van der Waals surface area contributed by atoms with Gasteiger partial charge in [0.15, 0.2) is 0 Å². The summed E-state index contributed by atoms with van der Waals surface area (Å²) < 4.78 is 4.85. The molecule has 0 aliphatic rings. The topological polar surface area (TPSA) is 13.1 Å². The number of aromatic nitrogens is 2. The van der Waals surface area contributed by atoms with E-state index in [4.69, 9.17) is 0 Å². The Morgan fingerprint density at radius 3 is 1.64 bits per heavy atom. The Morgan fingerprint density at radius 1 is 0.311 bits per heavy atom. The molecule has 3 nitrogen and oxygen atoms in total. The molecule has 0 saturated carbocycles. The molecule has 12 aromatic rings. The van der Waals surface area contributed by atoms with Crippen LogP contribution in [0.25, 0.3) is 88.0 Å². The summed E-state index contributed by atoms with van der Waals surface area (Å²) in [7, 11) is 0. The lowest BCUT2D eigenvalue weighted by molar-refractivity contribution is 1.15. The maximum atomic E-state index is 2.43. The van der Waals surface area contributed by atoms with Gasteiger partial charge in [0.2, 0.25) is 0 Å². The Hall–Kier alpha value is -8.14. The van der Waals surface area contributed by atoms with Gasteiger partial charge in [-0.15, -0.1) is 0 Å². The van der Waals surface area contributed by atoms with Crippen molar-refractivity contribution >= 4 is 71.4 Å². The van der Waals surface area contributed by atoms with Crippen LogP contribution >= 0.6 is 0 Å². The predicted molar refractivity (Wildman–Crippen MR) is 258 cm³/mol. The molecule has 0 spiro atoms. The lowest BCUT2D eigenvalue weighted by Gasteiger charge is -2.29. The molecule has 2 aromatic heterocycles. The molecule has 2 heterocycles. The molecule has 286 valence electrons. The van der Waals surface area contributed by atoms with Gasteiger partial charge in [-0.3, -0.25) is 0 Å². The van der Waals surface area contributed by atoms with Crippen LogP contribution in [-0.4, -0.2) is 9.13 Å². The molecule has 0 N–H and O–H groups in total. The Balaban J connectivity index is 1.08. The summed E-state index contributed by atoms with van der Waals surface area (Å²) in [4.78, 5) is 2.43. The van der Waals surface area contributed by atoms with Crippen molar-refractivity contribution in [3.8, 4) is 33.6 Å². The first-order valence-corrected chi connectivity index (χ1v) is 20.9. The summed E-state index contributed by atoms with van der Waals surface area (Å²) in [5.74, 6) is 0. The van der Waals surface area contributed by atoms with Crippen LogP contribution in [0.15, 0.2) is 237 Å². The average Bonchev–Trinajstić information content (AvgIpc) is 3.85. The maximum Gasteiger partial charge on any atom is 0.0702 e. The lowest BCUT2D eigenvalue weighted by Crippen LogP contribution is -2.13. The molecule has 3 heteroatoms. The second kappa shape index (κ2) is 14.3. The fraction of sp³-hybridized carbons (Fsp3) is 0. The Bertz CT molecular complexity index is 3540. The number of nitrogens with zero attached hydrogens (tertiary/aromatic N) is 3. The van der Waals surface area contributed by atoms with Gasteiger partial charge >= 0.3 is 0 Å². The van der Waals surface area contributed by atoms with Crippen molar-refractivity contribution in [2.24, 2.45) is 0 Å². The molecule has 61 heavy (non-hydrogen) atoms. The van der Waals surface area contributed by atoms with E-state index in [2.05, 4.69) is 251 Å². The largest absolute Gasteiger partial charge is 0.309 e. The summed E-state index contributed by atoms with van der Waals surface area (Å²) in [5, 5.41) is 7.44. The van der Waals surface area contributed by atoms with E-state index in [0.717, 1.165) is 34.0 Å². The summed E-state index contributed by atoms with van der Waals surface area (Å²) in [6, 6.07) is 86.0. The SMILES string of the molecule is c1ccc(-n2c3ccccc3c3cccc(-c4cccc(N(c5ccc(-c6ccc7ccccc7c6)cc5)c5ccccc5-n5c6ccccc6c6ccccc65)c4)c32)cc1. The van der Waals surface area contributed by atoms with E-state index < -0.39 is 0 Å². The highest BCUT2D eigenvalue weighted by Crippen LogP contribution is 2.44. The summed E-state index contributed by atoms with van der Waals surface area (Å²) >= 11 is 0. The van der Waals surface area contributed by atoms with Crippen molar-refractivity contribution in [1.29, 1.82) is 0 Å². The van der Waals surface area contributed by atoms with Gasteiger partial charge in [0.05, 0.1) is 33.4 Å². The van der Waals surface area contributed by atoms with Crippen molar-refractivity contribution in [2.75, 3.05) is 4.90 Å². The van der Waals surface area contributed by atoms with E-state index in [1.54, 1.807) is 0 Å². The molecular formula is C58H39N3. The predicted octanol–water partition coefficient (Wildman–Crippen LogP) is 15.8. The van der Waals surface area contributed by atoms with Gasteiger partial charge < -0.3 is 14.0 Å². The number of para-hydroxylation sites is 7. The second-order valence-electron chi connectivity index (χ2n) is 15.7. The van der Waals surface area contributed by atoms with Crippen molar-refractivity contribution in [3.05, 3.63) is 237 Å². The van der Waals surface area contributed by atoms with Crippen LogP contribution < -0.4 is 4.90 Å². The first-order valence-electron chi connectivity index (χ1n) is 20.9. The molecule has 0 aliphatic carbocycles. The molecule has 0 saturated heterocycles. The maximum absolute atomic E-state index is 2.43. The monoisotopic (exact) mass is 777 g/mol. The molecule has 12 rings (SSSR count). The third-order valence-electron chi connectivity index (χ3n) is 12.3. The zero-order valence-corrected chi connectivity index (χ0v) is 33.4. The van der Waals surface area contributed by atoms with Gasteiger partial charge in [0, 0.05) is 44.2 Å². The van der Waals surface area contributed by atoms with E-state index in [0.29, 0.717) is 0 Å². The van der Waals surface area contributed by atoms with E-state index >= 15 is 0 Å². The number of hydrogen-bond acceptors (Lipinski definition) is 1. The molecular weight excluding hydrogens is 739 g/mol. The highest BCUT2D eigenvalue weighted by Gasteiger charge is 2.22. The molecule has 0 radical (unpaired) electrons. The standard InChI is InChI=1S/C58H39N3/c1-2-19-45(20-3-1)60-53-27-9-8-24-51(53)52-26-15-25-48(58(52)60)44-18-14-21-47(39-44)59(46-36-34-41(35-37-46)43-33-32-40-16-4-5-17-42(40)38-43)56-30-12-13-31-57(56)61-54-28-10-6-22-49(54)50-23-7-11-29-55(50)61/h1-39H. The van der Waals surface area contributed by atoms with Crippen LogP contribution in [0.5, 0.6) is 0 Å². The number of hydrogen-bond donors (Lipinski definition) is 0. The number of rotatable bonds is 7. The van der Waals surface area contributed by atoms with E-state index in [1.165, 1.54) is 71.1 Å². The molecule has 0 unspecified atom stereocenters. The van der Waals surface area contributed by atoms with E-state index in [9.17, 15) is 0 Å². The van der Waals surface area contributed by atoms with Gasteiger partial charge in [-0.2, -0.15) is 0 Å². The zero-order chi connectivity index (χ0) is 40.3. The van der Waals surface area contributed by atoms with Crippen LogP contribution in [0.3, 0.4) is 0 Å². The minimum atomic E-state index is 1.07. The minimum absolute atomic E-state index is 1.07. The van der Waals surface area contributed by atoms with Crippen molar-refractivity contribution in [2.45, 2.75) is 0 Å². The first kappa shape index (κ1) is 34.9. The molecule has 0 amide bonds. The third kappa shape index (κ3) is 5.74. The van der Waals surface area contributed by atoms with E-state index in [1.807, 2.05) is 0 Å². The third-order valence-corrected chi connectivity index (χ3v) is 12.3. The van der Waals surface area contributed by atoms with Gasteiger partial charge in [-0.05, 0) is 100 Å². The Labute approximate surface area is 354 Å². The van der Waals surface area contributed by atoms with Gasteiger partial charge in [0.1, 0.15) is 0 Å². The fourth-order valence-electron chi connectivity index (χ4n) is 9.53. The summed E-state index contributed by atoms with van der Waals surface area (Å²) in [6.07, 6.45) is 0.